The van der Waals surface area contributed by atoms with E-state index in [1.807, 2.05) is 0 Å². The number of allylic oxidation sites excluding steroid dienone is 2. The molecular formula is C11H22N2. The molecule has 0 aromatic carbocycles. The Morgan fingerprint density at radius 3 is 2.23 bits per heavy atom. The molecule has 1 aliphatic rings. The zero-order chi connectivity index (χ0) is 10.1. The Bertz CT molecular complexity index is 169. The minimum Gasteiger partial charge on any atom is -0.376 e. The van der Waals surface area contributed by atoms with Gasteiger partial charge in [0.25, 0.3) is 0 Å². The number of nitrogens with zero attached hydrogens (tertiary/aromatic N) is 1. The summed E-state index contributed by atoms with van der Waals surface area (Å²) >= 11 is 0. The molecule has 0 bridgehead atoms. The Labute approximate surface area is 82.3 Å². The molecule has 1 N–H and O–H groups in total. The monoisotopic (exact) mass is 182 g/mol. The van der Waals surface area contributed by atoms with Crippen molar-refractivity contribution in [2.24, 2.45) is 0 Å². The summed E-state index contributed by atoms with van der Waals surface area (Å²) in [7, 11) is 2.08. The molecule has 1 aliphatic heterocycles. The molecule has 2 nitrogen and oxygen atoms in total. The van der Waals surface area contributed by atoms with Crippen LogP contribution in [0.2, 0.25) is 0 Å². The zero-order valence-electron chi connectivity index (χ0n) is 9.30. The fraction of sp³-hybridized carbons (Fsp3) is 0.636. The minimum absolute atomic E-state index is 1.05. The van der Waals surface area contributed by atoms with Crippen LogP contribution < -0.4 is 5.32 Å². The summed E-state index contributed by atoms with van der Waals surface area (Å²) in [6.45, 7) is 9.55. The van der Waals surface area contributed by atoms with Gasteiger partial charge in [-0.3, -0.25) is 0 Å². The SMILES string of the molecule is CC1=CN(C)CC=C1.CCNCC. The van der Waals surface area contributed by atoms with Gasteiger partial charge in [-0.2, -0.15) is 0 Å². The van der Waals surface area contributed by atoms with Crippen LogP contribution in [0.3, 0.4) is 0 Å². The van der Waals surface area contributed by atoms with Crippen molar-refractivity contribution in [2.45, 2.75) is 20.8 Å². The highest BCUT2D eigenvalue weighted by atomic mass is 15.1. The number of hydrogen-bond donors (Lipinski definition) is 1. The summed E-state index contributed by atoms with van der Waals surface area (Å²) in [5.41, 5.74) is 1.33. The fourth-order valence-electron chi connectivity index (χ4n) is 1.10. The molecular weight excluding hydrogens is 160 g/mol. The molecule has 1 rings (SSSR count). The smallest absolute Gasteiger partial charge is 0.0354 e. The summed E-state index contributed by atoms with van der Waals surface area (Å²) in [6.07, 6.45) is 6.44. The van der Waals surface area contributed by atoms with Crippen LogP contribution in [-0.2, 0) is 0 Å². The number of likely N-dealkylation sites (N-methyl/N-ethyl adjacent to an activating group) is 1. The Hall–Kier alpha value is -0.760. The lowest BCUT2D eigenvalue weighted by molar-refractivity contribution is 0.500. The van der Waals surface area contributed by atoms with Crippen LogP contribution in [0.15, 0.2) is 23.9 Å². The summed E-state index contributed by atoms with van der Waals surface area (Å²) in [6, 6.07) is 0. The fourth-order valence-corrected chi connectivity index (χ4v) is 1.10. The van der Waals surface area contributed by atoms with E-state index >= 15 is 0 Å². The molecule has 0 atom stereocenters. The van der Waals surface area contributed by atoms with Gasteiger partial charge in [-0.05, 0) is 25.6 Å². The second kappa shape index (κ2) is 7.87. The largest absolute Gasteiger partial charge is 0.376 e. The van der Waals surface area contributed by atoms with Gasteiger partial charge in [-0.15, -0.1) is 0 Å². The van der Waals surface area contributed by atoms with Gasteiger partial charge in [0.2, 0.25) is 0 Å². The van der Waals surface area contributed by atoms with Crippen molar-refractivity contribution in [3.63, 3.8) is 0 Å². The van der Waals surface area contributed by atoms with Crippen LogP contribution in [0.1, 0.15) is 20.8 Å². The van der Waals surface area contributed by atoms with E-state index in [-0.39, 0.29) is 0 Å². The molecule has 0 unspecified atom stereocenters. The van der Waals surface area contributed by atoms with Crippen molar-refractivity contribution in [1.82, 2.24) is 10.2 Å². The van der Waals surface area contributed by atoms with Gasteiger partial charge < -0.3 is 10.2 Å². The maximum atomic E-state index is 3.11. The average Bonchev–Trinajstić information content (AvgIpc) is 2.06. The second-order valence-electron chi connectivity index (χ2n) is 3.17. The highest BCUT2D eigenvalue weighted by Gasteiger charge is 1.92. The maximum Gasteiger partial charge on any atom is 0.0354 e. The van der Waals surface area contributed by atoms with Gasteiger partial charge in [0.1, 0.15) is 0 Å². The molecule has 0 aliphatic carbocycles. The first-order chi connectivity index (χ1) is 6.20. The van der Waals surface area contributed by atoms with Crippen LogP contribution in [0.4, 0.5) is 0 Å². The van der Waals surface area contributed by atoms with Crippen molar-refractivity contribution in [3.8, 4) is 0 Å². The Morgan fingerprint density at radius 2 is 2.00 bits per heavy atom. The van der Waals surface area contributed by atoms with Gasteiger partial charge >= 0.3 is 0 Å². The van der Waals surface area contributed by atoms with E-state index < -0.39 is 0 Å². The molecule has 0 aromatic heterocycles. The maximum absolute atomic E-state index is 3.11. The zero-order valence-corrected chi connectivity index (χ0v) is 9.30. The first-order valence-electron chi connectivity index (χ1n) is 4.96. The molecule has 0 saturated carbocycles. The number of nitrogens with one attached hydrogen (secondary N) is 1. The average molecular weight is 182 g/mol. The van der Waals surface area contributed by atoms with Crippen molar-refractivity contribution in [2.75, 3.05) is 26.7 Å². The molecule has 0 radical (unpaired) electrons. The lowest BCUT2D eigenvalue weighted by Gasteiger charge is -2.15. The van der Waals surface area contributed by atoms with Crippen LogP contribution in [-0.4, -0.2) is 31.6 Å². The molecule has 0 saturated heterocycles. The minimum atomic E-state index is 1.05. The third-order valence-corrected chi connectivity index (χ3v) is 1.70. The van der Waals surface area contributed by atoms with E-state index in [1.54, 1.807) is 0 Å². The lowest BCUT2D eigenvalue weighted by atomic mass is 10.2. The van der Waals surface area contributed by atoms with Crippen molar-refractivity contribution < 1.29 is 0 Å². The van der Waals surface area contributed by atoms with Gasteiger partial charge in [0, 0.05) is 19.8 Å². The predicted molar refractivity (Wildman–Crippen MR) is 59.7 cm³/mol. The van der Waals surface area contributed by atoms with Crippen LogP contribution in [0.25, 0.3) is 0 Å². The van der Waals surface area contributed by atoms with Gasteiger partial charge in [-0.1, -0.05) is 26.0 Å². The van der Waals surface area contributed by atoms with Gasteiger partial charge in [0.15, 0.2) is 0 Å². The van der Waals surface area contributed by atoms with Crippen molar-refractivity contribution in [3.05, 3.63) is 23.9 Å². The van der Waals surface area contributed by atoms with E-state index in [0.29, 0.717) is 0 Å². The van der Waals surface area contributed by atoms with E-state index in [2.05, 4.69) is 56.4 Å². The molecule has 0 spiro atoms. The highest BCUT2D eigenvalue weighted by molar-refractivity contribution is 5.19. The third-order valence-electron chi connectivity index (χ3n) is 1.70. The molecule has 2 heteroatoms. The summed E-state index contributed by atoms with van der Waals surface area (Å²) in [5.74, 6) is 0. The highest BCUT2D eigenvalue weighted by Crippen LogP contribution is 2.02. The quantitative estimate of drug-likeness (QED) is 0.703. The van der Waals surface area contributed by atoms with E-state index in [9.17, 15) is 0 Å². The summed E-state index contributed by atoms with van der Waals surface area (Å²) in [5, 5.41) is 3.11. The second-order valence-corrected chi connectivity index (χ2v) is 3.17. The third kappa shape index (κ3) is 7.60. The molecule has 1 heterocycles. The molecule has 0 aromatic rings. The standard InChI is InChI=1S/C7H11N.C4H11N/c1-7-4-3-5-8(2)6-7;1-3-5-4-2/h3-4,6H,5H2,1-2H3;5H,3-4H2,1-2H3. The first-order valence-corrected chi connectivity index (χ1v) is 4.96. The molecule has 0 fully saturated rings. The Balaban J connectivity index is 0.000000252. The van der Waals surface area contributed by atoms with Crippen LogP contribution in [0.5, 0.6) is 0 Å². The number of hydrogen-bond acceptors (Lipinski definition) is 2. The topological polar surface area (TPSA) is 15.3 Å². The predicted octanol–water partition coefficient (Wildman–Crippen LogP) is 2.01. The molecule has 0 amide bonds. The Kier molecular flexibility index (Phi) is 7.41. The van der Waals surface area contributed by atoms with Crippen LogP contribution >= 0.6 is 0 Å². The van der Waals surface area contributed by atoms with E-state index in [1.165, 1.54) is 5.57 Å². The van der Waals surface area contributed by atoms with Crippen molar-refractivity contribution >= 4 is 0 Å². The van der Waals surface area contributed by atoms with Gasteiger partial charge in [0.05, 0.1) is 0 Å². The van der Waals surface area contributed by atoms with Crippen molar-refractivity contribution in [1.29, 1.82) is 0 Å². The first kappa shape index (κ1) is 12.2. The van der Waals surface area contributed by atoms with E-state index in [4.69, 9.17) is 0 Å². The Morgan fingerprint density at radius 1 is 1.38 bits per heavy atom. The normalized spacial score (nSPS) is 14.8. The molecule has 13 heavy (non-hydrogen) atoms. The molecule has 76 valence electrons. The van der Waals surface area contributed by atoms with E-state index in [0.717, 1.165) is 19.6 Å². The summed E-state index contributed by atoms with van der Waals surface area (Å²) < 4.78 is 0. The number of rotatable bonds is 2. The van der Waals surface area contributed by atoms with Crippen LogP contribution in [0, 0.1) is 0 Å². The van der Waals surface area contributed by atoms with Gasteiger partial charge in [-0.25, -0.2) is 0 Å². The summed E-state index contributed by atoms with van der Waals surface area (Å²) in [4.78, 5) is 2.16. The lowest BCUT2D eigenvalue weighted by Crippen LogP contribution is -2.12.